The number of nitrogens with zero attached hydrogens (tertiary/aromatic N) is 1. The van der Waals surface area contributed by atoms with Crippen LogP contribution in [0, 0.1) is 17.3 Å². The Kier molecular flexibility index (Phi) is 3.10. The minimum Gasteiger partial charge on any atom is -0.478 e. The molecule has 0 heterocycles. The van der Waals surface area contributed by atoms with Crippen LogP contribution in [-0.4, -0.2) is 19.5 Å². The molecular weight excluding hydrogens is 239 g/mol. The average molecular weight is 244 g/mol. The van der Waals surface area contributed by atoms with Gasteiger partial charge in [-0.05, 0) is 18.2 Å². The molecule has 8 heteroatoms. The summed E-state index contributed by atoms with van der Waals surface area (Å²) in [4.78, 5) is 9.67. The zero-order valence-corrected chi connectivity index (χ0v) is 8.45. The van der Waals surface area contributed by atoms with Crippen LogP contribution in [-0.2, 0) is 10.0 Å². The summed E-state index contributed by atoms with van der Waals surface area (Å²) in [6.45, 7) is 0. The maximum Gasteiger partial charge on any atom is 0.335 e. The van der Waals surface area contributed by atoms with Gasteiger partial charge in [0.15, 0.2) is 6.19 Å². The van der Waals surface area contributed by atoms with Crippen LogP contribution in [0.5, 0.6) is 0 Å². The SMILES string of the molecule is N#CNS(=O)(=O)c1cc(C(=O)O)ccc1F. The molecule has 0 saturated carbocycles. The molecule has 1 rings (SSSR count). The molecule has 0 radical (unpaired) electrons. The van der Waals surface area contributed by atoms with Gasteiger partial charge in [-0.1, -0.05) is 0 Å². The second kappa shape index (κ2) is 4.16. The van der Waals surface area contributed by atoms with Crippen LogP contribution >= 0.6 is 0 Å². The monoisotopic (exact) mass is 244 g/mol. The summed E-state index contributed by atoms with van der Waals surface area (Å²) in [6.07, 6.45) is 1.13. The number of hydrogen-bond donors (Lipinski definition) is 2. The summed E-state index contributed by atoms with van der Waals surface area (Å²) in [5, 5.41) is 16.7. The van der Waals surface area contributed by atoms with E-state index in [0.29, 0.717) is 12.1 Å². The molecule has 0 saturated heterocycles. The van der Waals surface area contributed by atoms with Gasteiger partial charge in [0, 0.05) is 0 Å². The van der Waals surface area contributed by atoms with Crippen molar-refractivity contribution < 1.29 is 22.7 Å². The Morgan fingerprint density at radius 3 is 2.62 bits per heavy atom. The lowest BCUT2D eigenvalue weighted by Crippen LogP contribution is -2.20. The standard InChI is InChI=1S/C8H5FN2O4S/c9-6-2-1-5(8(12)13)3-7(6)16(14,15)11-4-10/h1-3,11H,(H,12,13). The number of carboxylic acids is 1. The third-order valence-corrected chi connectivity index (χ3v) is 2.90. The van der Waals surface area contributed by atoms with E-state index in [-0.39, 0.29) is 5.56 Å². The normalized spacial score (nSPS) is 10.5. The zero-order valence-electron chi connectivity index (χ0n) is 7.64. The van der Waals surface area contributed by atoms with E-state index in [2.05, 4.69) is 0 Å². The van der Waals surface area contributed by atoms with E-state index in [1.807, 2.05) is 0 Å². The quantitative estimate of drug-likeness (QED) is 0.586. The lowest BCUT2D eigenvalue weighted by atomic mass is 10.2. The molecule has 0 spiro atoms. The number of hydrogen-bond acceptors (Lipinski definition) is 4. The largest absolute Gasteiger partial charge is 0.478 e. The molecule has 16 heavy (non-hydrogen) atoms. The first-order valence-corrected chi connectivity index (χ1v) is 5.30. The highest BCUT2D eigenvalue weighted by Crippen LogP contribution is 2.16. The number of rotatable bonds is 3. The van der Waals surface area contributed by atoms with Crippen LogP contribution in [0.2, 0.25) is 0 Å². The third kappa shape index (κ3) is 2.26. The molecule has 0 aliphatic carbocycles. The molecule has 0 unspecified atom stereocenters. The Hall–Kier alpha value is -2.14. The first-order valence-electron chi connectivity index (χ1n) is 3.82. The highest BCUT2D eigenvalue weighted by Gasteiger charge is 2.20. The molecule has 6 nitrogen and oxygen atoms in total. The van der Waals surface area contributed by atoms with Crippen molar-refractivity contribution in [1.29, 1.82) is 5.26 Å². The van der Waals surface area contributed by atoms with Crippen LogP contribution in [0.3, 0.4) is 0 Å². The Morgan fingerprint density at radius 1 is 1.50 bits per heavy atom. The molecule has 0 aliphatic heterocycles. The predicted molar refractivity (Wildman–Crippen MR) is 49.3 cm³/mol. The topological polar surface area (TPSA) is 107 Å². The van der Waals surface area contributed by atoms with Gasteiger partial charge in [-0.2, -0.15) is 5.26 Å². The van der Waals surface area contributed by atoms with Crippen LogP contribution in [0.15, 0.2) is 23.1 Å². The maximum atomic E-state index is 13.1. The fraction of sp³-hybridized carbons (Fsp3) is 0. The van der Waals surface area contributed by atoms with Crippen molar-refractivity contribution >= 4 is 16.0 Å². The minimum atomic E-state index is -4.35. The van der Waals surface area contributed by atoms with Crippen molar-refractivity contribution in [3.8, 4) is 6.19 Å². The molecule has 0 amide bonds. The van der Waals surface area contributed by atoms with E-state index in [0.717, 1.165) is 12.3 Å². The zero-order chi connectivity index (χ0) is 12.3. The van der Waals surface area contributed by atoms with E-state index in [1.54, 1.807) is 0 Å². The van der Waals surface area contributed by atoms with Gasteiger partial charge in [0.25, 0.3) is 10.0 Å². The Balaban J connectivity index is 3.40. The van der Waals surface area contributed by atoms with Crippen molar-refractivity contribution in [2.75, 3.05) is 0 Å². The molecular formula is C8H5FN2O4S. The molecule has 0 bridgehead atoms. The maximum absolute atomic E-state index is 13.1. The summed E-state index contributed by atoms with van der Waals surface area (Å²) in [5.41, 5.74) is -0.389. The highest BCUT2D eigenvalue weighted by molar-refractivity contribution is 7.89. The number of carbonyl (C=O) groups is 1. The smallest absolute Gasteiger partial charge is 0.335 e. The lowest BCUT2D eigenvalue weighted by molar-refractivity contribution is 0.0696. The van der Waals surface area contributed by atoms with Crippen LogP contribution in [0.1, 0.15) is 10.4 Å². The second-order valence-corrected chi connectivity index (χ2v) is 4.32. The number of nitrogens with one attached hydrogen (secondary N) is 1. The van der Waals surface area contributed by atoms with Crippen LogP contribution < -0.4 is 4.72 Å². The van der Waals surface area contributed by atoms with Gasteiger partial charge in [0.2, 0.25) is 0 Å². The van der Waals surface area contributed by atoms with E-state index in [9.17, 15) is 17.6 Å². The van der Waals surface area contributed by atoms with E-state index in [1.165, 1.54) is 4.72 Å². The number of carboxylic acid groups (broad SMARTS) is 1. The van der Waals surface area contributed by atoms with Gasteiger partial charge in [-0.25, -0.2) is 22.3 Å². The molecule has 84 valence electrons. The van der Waals surface area contributed by atoms with Crippen LogP contribution in [0.4, 0.5) is 4.39 Å². The Labute approximate surface area is 90.0 Å². The lowest BCUT2D eigenvalue weighted by Gasteiger charge is -2.03. The van der Waals surface area contributed by atoms with E-state index in [4.69, 9.17) is 10.4 Å². The Bertz CT molecular complexity index is 576. The summed E-state index contributed by atoms with van der Waals surface area (Å²) in [5.74, 6) is -2.53. The van der Waals surface area contributed by atoms with Gasteiger partial charge in [-0.3, -0.25) is 0 Å². The van der Waals surface area contributed by atoms with Crippen molar-refractivity contribution in [2.45, 2.75) is 4.90 Å². The summed E-state index contributed by atoms with van der Waals surface area (Å²) < 4.78 is 37.0. The second-order valence-electron chi connectivity index (χ2n) is 2.67. The predicted octanol–water partition coefficient (Wildman–Crippen LogP) is 0.283. The fourth-order valence-corrected chi connectivity index (χ4v) is 1.79. The number of nitriles is 1. The van der Waals surface area contributed by atoms with Crippen molar-refractivity contribution in [3.05, 3.63) is 29.6 Å². The van der Waals surface area contributed by atoms with E-state index < -0.39 is 26.7 Å². The number of halogens is 1. The molecule has 1 aromatic rings. The number of aromatic carboxylic acids is 1. The fourth-order valence-electron chi connectivity index (χ4n) is 0.957. The van der Waals surface area contributed by atoms with Crippen molar-refractivity contribution in [2.24, 2.45) is 0 Å². The first-order chi connectivity index (χ1) is 7.38. The minimum absolute atomic E-state index is 0.389. The Morgan fingerprint density at radius 2 is 2.12 bits per heavy atom. The molecule has 2 N–H and O–H groups in total. The van der Waals surface area contributed by atoms with Gasteiger partial charge >= 0.3 is 5.97 Å². The van der Waals surface area contributed by atoms with Crippen molar-refractivity contribution in [1.82, 2.24) is 4.72 Å². The van der Waals surface area contributed by atoms with E-state index >= 15 is 0 Å². The third-order valence-electron chi connectivity index (χ3n) is 1.65. The summed E-state index contributed by atoms with van der Waals surface area (Å²) in [6, 6.07) is 2.26. The average Bonchev–Trinajstić information content (AvgIpc) is 2.17. The molecule has 1 aromatic carbocycles. The van der Waals surface area contributed by atoms with Crippen LogP contribution in [0.25, 0.3) is 0 Å². The van der Waals surface area contributed by atoms with Crippen molar-refractivity contribution in [3.63, 3.8) is 0 Å². The number of benzene rings is 1. The number of sulfonamides is 1. The van der Waals surface area contributed by atoms with Gasteiger partial charge in [0.05, 0.1) is 5.56 Å². The molecule has 0 atom stereocenters. The molecule has 0 fully saturated rings. The summed E-state index contributed by atoms with van der Waals surface area (Å²) in [7, 11) is -4.35. The molecule has 0 aliphatic rings. The van der Waals surface area contributed by atoms with Gasteiger partial charge < -0.3 is 5.11 Å². The molecule has 0 aromatic heterocycles. The van der Waals surface area contributed by atoms with Gasteiger partial charge in [0.1, 0.15) is 10.7 Å². The summed E-state index contributed by atoms with van der Waals surface area (Å²) >= 11 is 0. The highest BCUT2D eigenvalue weighted by atomic mass is 32.2. The first kappa shape index (κ1) is 11.9. The van der Waals surface area contributed by atoms with Gasteiger partial charge in [-0.15, -0.1) is 0 Å².